The van der Waals surface area contributed by atoms with Crippen molar-refractivity contribution in [3.8, 4) is 11.4 Å². The molecule has 2 aliphatic rings. The van der Waals surface area contributed by atoms with E-state index >= 15 is 0 Å². The molecule has 3 aromatic rings. The van der Waals surface area contributed by atoms with Gasteiger partial charge >= 0.3 is 0 Å². The molecule has 31 heavy (non-hydrogen) atoms. The number of hydrogen-bond donors (Lipinski definition) is 1. The zero-order valence-corrected chi connectivity index (χ0v) is 18.0. The van der Waals surface area contributed by atoms with Crippen LogP contribution in [0, 0.1) is 6.92 Å². The molecular formula is C22H27N7O2. The largest absolute Gasteiger partial charge is 0.378 e. The van der Waals surface area contributed by atoms with Crippen LogP contribution in [0.1, 0.15) is 22.5 Å². The van der Waals surface area contributed by atoms with Crippen molar-refractivity contribution in [2.45, 2.75) is 26.4 Å². The highest BCUT2D eigenvalue weighted by molar-refractivity contribution is 5.53. The number of ether oxygens (including phenoxy) is 1. The molecule has 0 aliphatic carbocycles. The van der Waals surface area contributed by atoms with Crippen molar-refractivity contribution in [3.05, 3.63) is 57.4 Å². The second-order valence-electron chi connectivity index (χ2n) is 8.15. The van der Waals surface area contributed by atoms with E-state index in [9.17, 15) is 4.79 Å². The summed E-state index contributed by atoms with van der Waals surface area (Å²) in [5.41, 5.74) is 4.66. The highest BCUT2D eigenvalue weighted by atomic mass is 16.5. The minimum atomic E-state index is -0.0649. The van der Waals surface area contributed by atoms with E-state index in [0.717, 1.165) is 74.1 Å². The Kier molecular flexibility index (Phi) is 5.29. The van der Waals surface area contributed by atoms with Gasteiger partial charge in [0.1, 0.15) is 11.6 Å². The van der Waals surface area contributed by atoms with Crippen molar-refractivity contribution in [2.75, 3.05) is 37.7 Å². The summed E-state index contributed by atoms with van der Waals surface area (Å²) in [5, 5.41) is 4.68. The molecule has 0 atom stereocenters. The van der Waals surface area contributed by atoms with Crippen LogP contribution < -0.4 is 10.5 Å². The molecule has 9 heteroatoms. The number of nitrogens with one attached hydrogen (secondary N) is 1. The lowest BCUT2D eigenvalue weighted by Crippen LogP contribution is -2.39. The zero-order valence-electron chi connectivity index (χ0n) is 18.0. The number of anilines is 1. The first-order valence-electron chi connectivity index (χ1n) is 10.7. The predicted molar refractivity (Wildman–Crippen MR) is 117 cm³/mol. The molecule has 0 amide bonds. The third kappa shape index (κ3) is 3.86. The molecule has 9 nitrogen and oxygen atoms in total. The van der Waals surface area contributed by atoms with E-state index in [-0.39, 0.29) is 5.56 Å². The van der Waals surface area contributed by atoms with Gasteiger partial charge in [-0.25, -0.2) is 4.98 Å². The van der Waals surface area contributed by atoms with Crippen LogP contribution in [0.25, 0.3) is 11.4 Å². The van der Waals surface area contributed by atoms with Crippen molar-refractivity contribution in [3.63, 3.8) is 0 Å². The minimum Gasteiger partial charge on any atom is -0.378 e. The third-order valence-corrected chi connectivity index (χ3v) is 6.09. The monoisotopic (exact) mass is 421 g/mol. The average molecular weight is 422 g/mol. The fourth-order valence-electron chi connectivity index (χ4n) is 4.52. The van der Waals surface area contributed by atoms with E-state index in [0.29, 0.717) is 12.4 Å². The molecule has 0 bridgehead atoms. The van der Waals surface area contributed by atoms with Gasteiger partial charge in [-0.15, -0.1) is 0 Å². The minimum absolute atomic E-state index is 0.0649. The Labute approximate surface area is 180 Å². The van der Waals surface area contributed by atoms with Crippen molar-refractivity contribution in [1.82, 2.24) is 29.6 Å². The molecule has 5 rings (SSSR count). The standard InChI is InChI=1S/C22H27N7O2/c1-15-17(22(27(2)26-15)29-8-10-31-11-9-29)13-28-7-5-19-18(14-28)21(30)25-20(24-19)16-4-3-6-23-12-16/h3-4,6,12H,5,7-11,13-14H2,1-2H3,(H,24,25,30). The first-order chi connectivity index (χ1) is 15.1. The predicted octanol–water partition coefficient (Wildman–Crippen LogP) is 1.27. The first kappa shape index (κ1) is 19.9. The van der Waals surface area contributed by atoms with Gasteiger partial charge in [0.2, 0.25) is 0 Å². The Balaban J connectivity index is 1.39. The molecule has 5 heterocycles. The van der Waals surface area contributed by atoms with Gasteiger partial charge in [0, 0.05) is 69.7 Å². The van der Waals surface area contributed by atoms with Gasteiger partial charge in [-0.3, -0.25) is 19.4 Å². The maximum absolute atomic E-state index is 12.9. The van der Waals surface area contributed by atoms with E-state index < -0.39 is 0 Å². The summed E-state index contributed by atoms with van der Waals surface area (Å²) in [5.74, 6) is 1.74. The highest BCUT2D eigenvalue weighted by Crippen LogP contribution is 2.27. The summed E-state index contributed by atoms with van der Waals surface area (Å²) < 4.78 is 7.50. The van der Waals surface area contributed by atoms with Gasteiger partial charge in [-0.2, -0.15) is 5.10 Å². The number of aromatic amines is 1. The maximum atomic E-state index is 12.9. The van der Waals surface area contributed by atoms with Crippen LogP contribution in [0.4, 0.5) is 5.82 Å². The Morgan fingerprint density at radius 3 is 2.84 bits per heavy atom. The zero-order chi connectivity index (χ0) is 21.4. The highest BCUT2D eigenvalue weighted by Gasteiger charge is 2.26. The topological polar surface area (TPSA) is 92.2 Å². The van der Waals surface area contributed by atoms with E-state index in [1.165, 1.54) is 5.56 Å². The Morgan fingerprint density at radius 2 is 2.06 bits per heavy atom. The molecule has 0 spiro atoms. The second-order valence-corrected chi connectivity index (χ2v) is 8.15. The summed E-state index contributed by atoms with van der Waals surface area (Å²) in [6, 6.07) is 3.75. The number of aromatic nitrogens is 5. The van der Waals surface area contributed by atoms with Crippen LogP contribution >= 0.6 is 0 Å². The molecule has 1 saturated heterocycles. The number of aryl methyl sites for hydroxylation is 2. The molecule has 1 fully saturated rings. The van der Waals surface area contributed by atoms with Crippen molar-refractivity contribution in [2.24, 2.45) is 7.05 Å². The fourth-order valence-corrected chi connectivity index (χ4v) is 4.52. The average Bonchev–Trinajstić information content (AvgIpc) is 3.07. The van der Waals surface area contributed by atoms with Crippen molar-refractivity contribution in [1.29, 1.82) is 0 Å². The molecular weight excluding hydrogens is 394 g/mol. The molecule has 0 radical (unpaired) electrons. The molecule has 2 aliphatic heterocycles. The number of hydrogen-bond acceptors (Lipinski definition) is 7. The van der Waals surface area contributed by atoms with Crippen LogP contribution in [-0.4, -0.2) is 62.5 Å². The molecule has 0 unspecified atom stereocenters. The summed E-state index contributed by atoms with van der Waals surface area (Å²) >= 11 is 0. The van der Waals surface area contributed by atoms with Gasteiger partial charge in [0.05, 0.1) is 30.2 Å². The van der Waals surface area contributed by atoms with Gasteiger partial charge in [-0.05, 0) is 19.1 Å². The van der Waals surface area contributed by atoms with E-state index in [4.69, 9.17) is 9.72 Å². The van der Waals surface area contributed by atoms with Crippen LogP contribution in [0.3, 0.4) is 0 Å². The van der Waals surface area contributed by atoms with E-state index in [1.54, 1.807) is 12.4 Å². The summed E-state index contributed by atoms with van der Waals surface area (Å²) in [7, 11) is 2.00. The Hall–Kier alpha value is -3.04. The number of pyridine rings is 1. The number of H-pyrrole nitrogens is 1. The fraction of sp³-hybridized carbons (Fsp3) is 0.455. The normalized spacial score (nSPS) is 17.0. The van der Waals surface area contributed by atoms with Gasteiger partial charge < -0.3 is 14.6 Å². The quantitative estimate of drug-likeness (QED) is 0.678. The summed E-state index contributed by atoms with van der Waals surface area (Å²) in [6.45, 7) is 7.48. The lowest BCUT2D eigenvalue weighted by Gasteiger charge is -2.32. The van der Waals surface area contributed by atoms with Crippen molar-refractivity contribution >= 4 is 5.82 Å². The number of morpholine rings is 1. The van der Waals surface area contributed by atoms with Crippen LogP contribution in [0.15, 0.2) is 29.3 Å². The van der Waals surface area contributed by atoms with Gasteiger partial charge in [0.15, 0.2) is 0 Å². The smallest absolute Gasteiger partial charge is 0.255 e. The van der Waals surface area contributed by atoms with Crippen LogP contribution in [0.2, 0.25) is 0 Å². The van der Waals surface area contributed by atoms with Crippen LogP contribution in [-0.2, 0) is 31.3 Å². The summed E-state index contributed by atoms with van der Waals surface area (Å²) in [6.07, 6.45) is 4.18. The first-order valence-corrected chi connectivity index (χ1v) is 10.7. The molecule has 3 aromatic heterocycles. The maximum Gasteiger partial charge on any atom is 0.255 e. The van der Waals surface area contributed by atoms with Gasteiger partial charge in [0.25, 0.3) is 5.56 Å². The molecule has 162 valence electrons. The lowest BCUT2D eigenvalue weighted by atomic mass is 10.1. The van der Waals surface area contributed by atoms with Crippen LogP contribution in [0.5, 0.6) is 0 Å². The number of fused-ring (bicyclic) bond motifs is 1. The summed E-state index contributed by atoms with van der Waals surface area (Å²) in [4.78, 5) is 29.3. The van der Waals surface area contributed by atoms with E-state index in [2.05, 4.69) is 31.8 Å². The van der Waals surface area contributed by atoms with E-state index in [1.807, 2.05) is 23.9 Å². The second kappa shape index (κ2) is 8.24. The van der Waals surface area contributed by atoms with Crippen molar-refractivity contribution < 1.29 is 4.74 Å². The lowest BCUT2D eigenvalue weighted by molar-refractivity contribution is 0.122. The Morgan fingerprint density at radius 1 is 1.23 bits per heavy atom. The molecule has 0 aromatic carbocycles. The Bertz CT molecular complexity index is 1130. The third-order valence-electron chi connectivity index (χ3n) is 6.09. The van der Waals surface area contributed by atoms with Gasteiger partial charge in [-0.1, -0.05) is 0 Å². The molecule has 1 N–H and O–H groups in total. The SMILES string of the molecule is Cc1nn(C)c(N2CCOCC2)c1CN1CCc2nc(-c3cccnc3)[nH]c(=O)c2C1. The number of rotatable bonds is 4. The number of nitrogens with zero attached hydrogens (tertiary/aromatic N) is 6. The molecule has 0 saturated carbocycles.